The van der Waals surface area contributed by atoms with E-state index >= 15 is 0 Å². The van der Waals surface area contributed by atoms with Gasteiger partial charge in [0.25, 0.3) is 5.91 Å². The van der Waals surface area contributed by atoms with E-state index in [0.29, 0.717) is 22.7 Å². The zero-order valence-electron chi connectivity index (χ0n) is 17.3. The van der Waals surface area contributed by atoms with Crippen LogP contribution in [0.1, 0.15) is 31.1 Å². The monoisotopic (exact) mass is 424 g/mol. The van der Waals surface area contributed by atoms with Crippen LogP contribution < -0.4 is 15.4 Å². The molecule has 0 saturated heterocycles. The molecule has 6 nitrogen and oxygen atoms in total. The summed E-state index contributed by atoms with van der Waals surface area (Å²) in [6, 6.07) is 16.3. The third kappa shape index (κ3) is 5.61. The van der Waals surface area contributed by atoms with E-state index in [-0.39, 0.29) is 5.91 Å². The molecular weight excluding hydrogens is 400 g/mol. The summed E-state index contributed by atoms with van der Waals surface area (Å²) in [5.41, 5.74) is 1.66. The molecule has 0 bridgehead atoms. The summed E-state index contributed by atoms with van der Waals surface area (Å²) in [7, 11) is 1.55. The number of anilines is 2. The molecule has 156 valence electrons. The predicted molar refractivity (Wildman–Crippen MR) is 121 cm³/mol. The van der Waals surface area contributed by atoms with Gasteiger partial charge in [-0.1, -0.05) is 18.2 Å². The zero-order chi connectivity index (χ0) is 21.7. The Bertz CT molecular complexity index is 1040. The molecule has 1 aromatic heterocycles. The smallest absolute Gasteiger partial charge is 0.412 e. The van der Waals surface area contributed by atoms with Crippen LogP contribution in [0.5, 0.6) is 5.75 Å². The first-order chi connectivity index (χ1) is 14.2. The van der Waals surface area contributed by atoms with E-state index in [4.69, 9.17) is 9.47 Å². The molecule has 0 spiro atoms. The standard InChI is InChI=1S/C23H24N2O4S/c1-23(2,3)29-22(27)25-18-11-10-15(20-9-6-12-30-20)14-19(18)24-21(26)16-7-5-8-17(13-16)28-4/h5-14H,1-4H3,(H,24,26)(H,25,27). The average molecular weight is 425 g/mol. The van der Waals surface area contributed by atoms with Crippen LogP contribution >= 0.6 is 11.3 Å². The van der Waals surface area contributed by atoms with Gasteiger partial charge in [-0.05, 0) is 68.1 Å². The summed E-state index contributed by atoms with van der Waals surface area (Å²) < 4.78 is 10.5. The molecule has 0 radical (unpaired) electrons. The van der Waals surface area contributed by atoms with E-state index < -0.39 is 11.7 Å². The number of ether oxygens (including phenoxy) is 2. The van der Waals surface area contributed by atoms with Crippen LogP contribution in [0.2, 0.25) is 0 Å². The Labute approximate surface area is 179 Å². The van der Waals surface area contributed by atoms with Crippen LogP contribution in [0, 0.1) is 0 Å². The van der Waals surface area contributed by atoms with Gasteiger partial charge in [0.2, 0.25) is 0 Å². The Morgan fingerprint density at radius 3 is 2.40 bits per heavy atom. The number of amides is 2. The first kappa shape index (κ1) is 21.4. The number of nitrogens with one attached hydrogen (secondary N) is 2. The summed E-state index contributed by atoms with van der Waals surface area (Å²) in [5, 5.41) is 7.59. The zero-order valence-corrected chi connectivity index (χ0v) is 18.1. The van der Waals surface area contributed by atoms with Gasteiger partial charge in [-0.2, -0.15) is 0 Å². The lowest BCUT2D eigenvalue weighted by atomic mass is 10.1. The normalized spacial score (nSPS) is 10.9. The molecule has 3 rings (SSSR count). The van der Waals surface area contributed by atoms with Crippen LogP contribution in [0.3, 0.4) is 0 Å². The highest BCUT2D eigenvalue weighted by atomic mass is 32.1. The van der Waals surface area contributed by atoms with Crippen molar-refractivity contribution in [3.05, 3.63) is 65.5 Å². The maximum atomic E-state index is 12.8. The SMILES string of the molecule is COc1cccc(C(=O)Nc2cc(-c3cccs3)ccc2NC(=O)OC(C)(C)C)c1. The summed E-state index contributed by atoms with van der Waals surface area (Å²) in [4.78, 5) is 26.2. The van der Waals surface area contributed by atoms with E-state index in [2.05, 4.69) is 10.6 Å². The van der Waals surface area contributed by atoms with Crippen molar-refractivity contribution in [2.24, 2.45) is 0 Å². The molecule has 2 amide bonds. The fourth-order valence-electron chi connectivity index (χ4n) is 2.73. The Balaban J connectivity index is 1.91. The van der Waals surface area contributed by atoms with Crippen LogP contribution in [-0.2, 0) is 4.74 Å². The van der Waals surface area contributed by atoms with Gasteiger partial charge in [0.15, 0.2) is 0 Å². The number of carbonyl (C=O) groups excluding carboxylic acids is 2. The molecule has 7 heteroatoms. The summed E-state index contributed by atoms with van der Waals surface area (Å²) >= 11 is 1.59. The molecule has 3 aromatic rings. The minimum absolute atomic E-state index is 0.315. The highest BCUT2D eigenvalue weighted by molar-refractivity contribution is 7.13. The quantitative estimate of drug-likeness (QED) is 0.525. The highest BCUT2D eigenvalue weighted by Gasteiger charge is 2.18. The molecule has 0 unspecified atom stereocenters. The van der Waals surface area contributed by atoms with Crippen LogP contribution in [0.15, 0.2) is 60.0 Å². The van der Waals surface area contributed by atoms with Crippen LogP contribution in [0.25, 0.3) is 10.4 Å². The average Bonchev–Trinajstić information content (AvgIpc) is 3.22. The third-order valence-corrected chi connectivity index (χ3v) is 4.96. The number of rotatable bonds is 5. The lowest BCUT2D eigenvalue weighted by molar-refractivity contribution is 0.0635. The van der Waals surface area contributed by atoms with Gasteiger partial charge in [-0.25, -0.2) is 4.79 Å². The molecule has 30 heavy (non-hydrogen) atoms. The second kappa shape index (κ2) is 9.00. The Hall–Kier alpha value is -3.32. The molecule has 1 heterocycles. The van der Waals surface area contributed by atoms with Crippen LogP contribution in [0.4, 0.5) is 16.2 Å². The molecule has 0 fully saturated rings. The number of carbonyl (C=O) groups is 2. The third-order valence-electron chi connectivity index (χ3n) is 4.04. The lowest BCUT2D eigenvalue weighted by Gasteiger charge is -2.21. The summed E-state index contributed by atoms with van der Waals surface area (Å²) in [6.45, 7) is 5.37. The number of methoxy groups -OCH3 is 1. The van der Waals surface area contributed by atoms with E-state index in [1.807, 2.05) is 29.6 Å². The molecule has 0 atom stereocenters. The van der Waals surface area contributed by atoms with Crippen molar-refractivity contribution in [3.63, 3.8) is 0 Å². The van der Waals surface area contributed by atoms with Gasteiger partial charge in [0.05, 0.1) is 18.5 Å². The summed E-state index contributed by atoms with van der Waals surface area (Å²) in [5.74, 6) is 0.270. The highest BCUT2D eigenvalue weighted by Crippen LogP contribution is 2.32. The summed E-state index contributed by atoms with van der Waals surface area (Å²) in [6.07, 6.45) is -0.594. The number of hydrogen-bond acceptors (Lipinski definition) is 5. The van der Waals surface area contributed by atoms with Gasteiger partial charge < -0.3 is 14.8 Å². The molecule has 0 aliphatic rings. The van der Waals surface area contributed by atoms with Crippen molar-refractivity contribution in [2.45, 2.75) is 26.4 Å². The molecule has 2 N–H and O–H groups in total. The number of hydrogen-bond donors (Lipinski definition) is 2. The molecule has 0 aliphatic heterocycles. The van der Waals surface area contributed by atoms with Crippen molar-refractivity contribution in [1.82, 2.24) is 0 Å². The number of thiophene rings is 1. The minimum atomic E-state index is -0.634. The van der Waals surface area contributed by atoms with Crippen molar-refractivity contribution < 1.29 is 19.1 Å². The topological polar surface area (TPSA) is 76.7 Å². The van der Waals surface area contributed by atoms with Gasteiger partial charge >= 0.3 is 6.09 Å². The van der Waals surface area contributed by atoms with E-state index in [0.717, 1.165) is 10.4 Å². The Morgan fingerprint density at radius 1 is 0.933 bits per heavy atom. The minimum Gasteiger partial charge on any atom is -0.497 e. The lowest BCUT2D eigenvalue weighted by Crippen LogP contribution is -2.27. The van der Waals surface area contributed by atoms with Gasteiger partial charge in [-0.15, -0.1) is 11.3 Å². The first-order valence-corrected chi connectivity index (χ1v) is 10.3. The van der Waals surface area contributed by atoms with Crippen molar-refractivity contribution >= 4 is 34.7 Å². The van der Waals surface area contributed by atoms with Gasteiger partial charge in [0.1, 0.15) is 11.4 Å². The molecule has 2 aromatic carbocycles. The molecular formula is C23H24N2O4S. The maximum Gasteiger partial charge on any atom is 0.412 e. The first-order valence-electron chi connectivity index (χ1n) is 9.38. The Morgan fingerprint density at radius 2 is 1.73 bits per heavy atom. The fraction of sp³-hybridized carbons (Fsp3) is 0.217. The maximum absolute atomic E-state index is 12.8. The largest absolute Gasteiger partial charge is 0.497 e. The molecule has 0 aliphatic carbocycles. The van der Waals surface area contributed by atoms with E-state index in [1.54, 1.807) is 69.5 Å². The van der Waals surface area contributed by atoms with Gasteiger partial charge in [0, 0.05) is 10.4 Å². The number of benzene rings is 2. The van der Waals surface area contributed by atoms with Crippen molar-refractivity contribution in [3.8, 4) is 16.2 Å². The van der Waals surface area contributed by atoms with Crippen molar-refractivity contribution in [1.29, 1.82) is 0 Å². The molecule has 0 saturated carbocycles. The predicted octanol–water partition coefficient (Wildman–Crippen LogP) is 6.02. The van der Waals surface area contributed by atoms with Gasteiger partial charge in [-0.3, -0.25) is 10.1 Å². The second-order valence-electron chi connectivity index (χ2n) is 7.55. The van der Waals surface area contributed by atoms with Crippen molar-refractivity contribution in [2.75, 3.05) is 17.7 Å². The Kier molecular flexibility index (Phi) is 6.42. The second-order valence-corrected chi connectivity index (χ2v) is 8.50. The fourth-order valence-corrected chi connectivity index (χ4v) is 3.45. The van der Waals surface area contributed by atoms with E-state index in [1.165, 1.54) is 0 Å². The van der Waals surface area contributed by atoms with Crippen LogP contribution in [-0.4, -0.2) is 24.7 Å². The van der Waals surface area contributed by atoms with E-state index in [9.17, 15) is 9.59 Å².